The Morgan fingerprint density at radius 1 is 0.871 bits per heavy atom. The summed E-state index contributed by atoms with van der Waals surface area (Å²) in [6, 6.07) is 0. The fourth-order valence-corrected chi connectivity index (χ4v) is 5.15. The maximum atomic E-state index is 12.3. The highest BCUT2D eigenvalue weighted by Gasteiger charge is 2.22. The van der Waals surface area contributed by atoms with Gasteiger partial charge in [0, 0.05) is 10.8 Å². The first-order valence-electron chi connectivity index (χ1n) is 10.2. The van der Waals surface area contributed by atoms with Gasteiger partial charge in [0.25, 0.3) is 0 Å². The second kappa shape index (κ2) is 8.63. The molecule has 0 fully saturated rings. The second-order valence-corrected chi connectivity index (χ2v) is 11.0. The molecule has 0 atom stereocenters. The van der Waals surface area contributed by atoms with Crippen LogP contribution >= 0.6 is 22.7 Å². The van der Waals surface area contributed by atoms with Gasteiger partial charge in [0.2, 0.25) is 0 Å². The summed E-state index contributed by atoms with van der Waals surface area (Å²) in [6.07, 6.45) is 0.786. The Bertz CT molecular complexity index is 1040. The molecule has 3 heterocycles. The Balaban J connectivity index is 2.03. The van der Waals surface area contributed by atoms with Crippen molar-refractivity contribution in [3.63, 3.8) is 0 Å². The summed E-state index contributed by atoms with van der Waals surface area (Å²) >= 11 is 3.10. The van der Waals surface area contributed by atoms with Gasteiger partial charge in [-0.15, -0.1) is 22.7 Å². The molecule has 3 aromatic rings. The predicted octanol–water partition coefficient (Wildman–Crippen LogP) is 7.16. The van der Waals surface area contributed by atoms with Crippen molar-refractivity contribution in [3.05, 3.63) is 16.3 Å². The van der Waals surface area contributed by atoms with Crippen molar-refractivity contribution in [2.45, 2.75) is 72.5 Å². The lowest BCUT2D eigenvalue weighted by atomic mass is 10.1. The molecule has 0 aliphatic heterocycles. The summed E-state index contributed by atoms with van der Waals surface area (Å²) in [5.41, 5.74) is 2.57. The fraction of sp³-hybridized carbons (Fsp3) is 0.500. The summed E-state index contributed by atoms with van der Waals surface area (Å²) in [4.78, 5) is 29.4. The van der Waals surface area contributed by atoms with E-state index >= 15 is 0 Å². The molecule has 0 aliphatic rings. The van der Waals surface area contributed by atoms with Crippen LogP contribution in [0.1, 0.15) is 60.5 Å². The van der Waals surface area contributed by atoms with Crippen molar-refractivity contribution >= 4 is 66.7 Å². The van der Waals surface area contributed by atoms with E-state index in [4.69, 9.17) is 14.5 Å². The molecule has 0 saturated carbocycles. The SMILES string of the molecule is CCCc1c2scc(NC(=O)OC(C)(C)C)c2nc2c(NC(=O)OC(C)(C)C)csc12. The Morgan fingerprint density at radius 2 is 1.29 bits per heavy atom. The highest BCUT2D eigenvalue weighted by Crippen LogP contribution is 2.41. The Morgan fingerprint density at radius 3 is 1.65 bits per heavy atom. The van der Waals surface area contributed by atoms with Crippen molar-refractivity contribution in [1.29, 1.82) is 0 Å². The van der Waals surface area contributed by atoms with E-state index in [9.17, 15) is 9.59 Å². The molecule has 2 amide bonds. The van der Waals surface area contributed by atoms with Gasteiger partial charge in [-0.25, -0.2) is 14.6 Å². The van der Waals surface area contributed by atoms with Gasteiger partial charge < -0.3 is 9.47 Å². The van der Waals surface area contributed by atoms with Crippen molar-refractivity contribution in [3.8, 4) is 0 Å². The standard InChI is InChI=1S/C22H29N3O4S2/c1-8-9-12-17-15(13(10-30-17)23-19(26)28-21(2,3)4)25-16-14(11-31-18(12)16)24-20(27)29-22(5,6)7/h10-11H,8-9H2,1-7H3,(H,23,26)(H,24,27). The Labute approximate surface area is 190 Å². The number of carbonyl (C=O) groups excluding carboxylic acids is 2. The maximum Gasteiger partial charge on any atom is 0.412 e. The largest absolute Gasteiger partial charge is 0.444 e. The first kappa shape index (κ1) is 23.3. The number of amides is 2. The van der Waals surface area contributed by atoms with Crippen molar-refractivity contribution < 1.29 is 19.1 Å². The van der Waals surface area contributed by atoms with Crippen LogP contribution in [0.3, 0.4) is 0 Å². The van der Waals surface area contributed by atoms with Crippen LogP contribution in [0.25, 0.3) is 20.4 Å². The van der Waals surface area contributed by atoms with E-state index in [1.165, 1.54) is 5.56 Å². The average molecular weight is 464 g/mol. The number of hydrogen-bond acceptors (Lipinski definition) is 7. The minimum Gasteiger partial charge on any atom is -0.444 e. The molecule has 3 aromatic heterocycles. The van der Waals surface area contributed by atoms with E-state index in [1.807, 2.05) is 52.3 Å². The van der Waals surface area contributed by atoms with Gasteiger partial charge in [-0.1, -0.05) is 13.3 Å². The predicted molar refractivity (Wildman–Crippen MR) is 129 cm³/mol. The third-order valence-corrected chi connectivity index (χ3v) is 6.13. The topological polar surface area (TPSA) is 89.5 Å². The number of ether oxygens (including phenoxy) is 2. The number of aromatic nitrogens is 1. The number of anilines is 2. The normalized spacial score (nSPS) is 12.2. The average Bonchev–Trinajstić information content (AvgIpc) is 3.17. The van der Waals surface area contributed by atoms with Crippen LogP contribution in [0.4, 0.5) is 21.0 Å². The number of carbonyl (C=O) groups is 2. The molecule has 0 saturated heterocycles. The van der Waals surface area contributed by atoms with E-state index in [1.54, 1.807) is 22.7 Å². The zero-order valence-corrected chi connectivity index (χ0v) is 20.6. The number of rotatable bonds is 4. The number of fused-ring (bicyclic) bond motifs is 2. The second-order valence-electron chi connectivity index (χ2n) is 9.25. The molecule has 0 spiro atoms. The summed E-state index contributed by atoms with van der Waals surface area (Å²) in [5.74, 6) is 0. The Hall–Kier alpha value is -2.39. The number of nitrogens with one attached hydrogen (secondary N) is 2. The van der Waals surface area contributed by atoms with Gasteiger partial charge in [0.05, 0.1) is 20.8 Å². The quantitative estimate of drug-likeness (QED) is 0.428. The zero-order chi connectivity index (χ0) is 23.0. The first-order chi connectivity index (χ1) is 14.4. The summed E-state index contributed by atoms with van der Waals surface area (Å²) in [5, 5.41) is 9.39. The van der Waals surface area contributed by atoms with Crippen LogP contribution < -0.4 is 10.6 Å². The van der Waals surface area contributed by atoms with E-state index in [0.29, 0.717) is 22.4 Å². The van der Waals surface area contributed by atoms with Crippen molar-refractivity contribution in [2.24, 2.45) is 0 Å². The lowest BCUT2D eigenvalue weighted by molar-refractivity contribution is 0.0625. The van der Waals surface area contributed by atoms with Crippen LogP contribution in [-0.2, 0) is 15.9 Å². The number of pyridine rings is 1. The first-order valence-corrected chi connectivity index (χ1v) is 11.9. The summed E-state index contributed by atoms with van der Waals surface area (Å²) in [7, 11) is 0. The summed E-state index contributed by atoms with van der Waals surface area (Å²) < 4.78 is 12.8. The van der Waals surface area contributed by atoms with Crippen LogP contribution in [0.15, 0.2) is 10.8 Å². The van der Waals surface area contributed by atoms with E-state index < -0.39 is 23.4 Å². The molecular weight excluding hydrogens is 434 g/mol. The third kappa shape index (κ3) is 5.65. The molecule has 3 rings (SSSR count). The highest BCUT2D eigenvalue weighted by molar-refractivity contribution is 7.20. The number of thiophene rings is 2. The van der Waals surface area contributed by atoms with Gasteiger partial charge in [-0.3, -0.25) is 10.6 Å². The smallest absolute Gasteiger partial charge is 0.412 e. The highest BCUT2D eigenvalue weighted by atomic mass is 32.1. The molecular formula is C22H29N3O4S2. The van der Waals surface area contributed by atoms with Gasteiger partial charge in [-0.05, 0) is 53.5 Å². The lowest BCUT2D eigenvalue weighted by Crippen LogP contribution is -2.27. The minimum absolute atomic E-state index is 0.524. The van der Waals surface area contributed by atoms with Crippen LogP contribution in [-0.4, -0.2) is 28.4 Å². The van der Waals surface area contributed by atoms with Crippen molar-refractivity contribution in [1.82, 2.24) is 4.98 Å². The Kier molecular flexibility index (Phi) is 6.48. The van der Waals surface area contributed by atoms with Crippen LogP contribution in [0, 0.1) is 0 Å². The number of aryl methyl sites for hydroxylation is 1. The van der Waals surface area contributed by atoms with Gasteiger partial charge >= 0.3 is 12.2 Å². The molecule has 0 unspecified atom stereocenters. The van der Waals surface area contributed by atoms with Gasteiger partial charge in [0.15, 0.2) is 0 Å². The van der Waals surface area contributed by atoms with Gasteiger partial charge in [-0.2, -0.15) is 0 Å². The third-order valence-electron chi connectivity index (χ3n) is 4.07. The monoisotopic (exact) mass is 463 g/mol. The van der Waals surface area contributed by atoms with Crippen molar-refractivity contribution in [2.75, 3.05) is 10.6 Å². The molecule has 168 valence electrons. The number of hydrogen-bond donors (Lipinski definition) is 2. The molecule has 0 aliphatic carbocycles. The molecule has 7 nitrogen and oxygen atoms in total. The molecule has 0 bridgehead atoms. The number of nitrogens with zero attached hydrogens (tertiary/aromatic N) is 1. The van der Waals surface area contributed by atoms with E-state index in [-0.39, 0.29) is 0 Å². The zero-order valence-electron chi connectivity index (χ0n) is 19.0. The minimum atomic E-state index is -0.595. The maximum absolute atomic E-state index is 12.3. The molecule has 0 radical (unpaired) electrons. The molecule has 2 N–H and O–H groups in total. The molecule has 31 heavy (non-hydrogen) atoms. The van der Waals surface area contributed by atoms with Gasteiger partial charge in [0.1, 0.15) is 22.2 Å². The van der Waals surface area contributed by atoms with E-state index in [2.05, 4.69) is 17.6 Å². The summed E-state index contributed by atoms with van der Waals surface area (Å²) in [6.45, 7) is 13.0. The van der Waals surface area contributed by atoms with Crippen LogP contribution in [0.5, 0.6) is 0 Å². The van der Waals surface area contributed by atoms with E-state index in [0.717, 1.165) is 22.2 Å². The fourth-order valence-electron chi connectivity index (χ4n) is 3.05. The molecule has 9 heteroatoms. The lowest BCUT2D eigenvalue weighted by Gasteiger charge is -2.19. The molecule has 0 aromatic carbocycles. The van der Waals surface area contributed by atoms with Crippen LogP contribution in [0.2, 0.25) is 0 Å².